The molecule has 0 unspecified atom stereocenters. The van der Waals surface area contributed by atoms with E-state index in [1.54, 1.807) is 24.3 Å². The van der Waals surface area contributed by atoms with Crippen LogP contribution >= 0.6 is 11.6 Å². The maximum absolute atomic E-state index is 12.9. The molecule has 2 aromatic rings. The molecular formula is C15H12ClFN2O2. The lowest BCUT2D eigenvalue weighted by Crippen LogP contribution is -2.12. The van der Waals surface area contributed by atoms with Crippen LogP contribution < -0.4 is 10.6 Å². The summed E-state index contributed by atoms with van der Waals surface area (Å²) in [6.45, 7) is 1.40. The third-order valence-electron chi connectivity index (χ3n) is 2.65. The molecule has 0 saturated heterocycles. The molecule has 0 fully saturated rings. The van der Waals surface area contributed by atoms with E-state index in [-0.39, 0.29) is 16.8 Å². The van der Waals surface area contributed by atoms with Crippen LogP contribution in [0.25, 0.3) is 0 Å². The maximum Gasteiger partial charge on any atom is 0.255 e. The summed E-state index contributed by atoms with van der Waals surface area (Å²) >= 11 is 5.84. The van der Waals surface area contributed by atoms with Crippen molar-refractivity contribution in [2.75, 3.05) is 10.6 Å². The van der Waals surface area contributed by atoms with E-state index in [0.717, 1.165) is 6.07 Å². The van der Waals surface area contributed by atoms with Crippen molar-refractivity contribution in [3.63, 3.8) is 0 Å². The Kier molecular flexibility index (Phi) is 4.55. The predicted octanol–water partition coefficient (Wildman–Crippen LogP) is 3.69. The number of carbonyl (C=O) groups is 2. The fourth-order valence-electron chi connectivity index (χ4n) is 1.69. The van der Waals surface area contributed by atoms with Gasteiger partial charge in [-0.25, -0.2) is 4.39 Å². The fourth-order valence-corrected chi connectivity index (χ4v) is 1.91. The minimum atomic E-state index is -0.474. The van der Waals surface area contributed by atoms with Gasteiger partial charge in [0, 0.05) is 18.2 Å². The highest BCUT2D eigenvalue weighted by Gasteiger charge is 2.09. The second-order valence-electron chi connectivity index (χ2n) is 4.34. The van der Waals surface area contributed by atoms with Gasteiger partial charge in [0.25, 0.3) is 5.91 Å². The molecular weight excluding hydrogens is 295 g/mol. The van der Waals surface area contributed by atoms with Crippen LogP contribution in [-0.4, -0.2) is 11.8 Å². The zero-order valence-electron chi connectivity index (χ0n) is 11.1. The first kappa shape index (κ1) is 15.0. The van der Waals surface area contributed by atoms with Crippen molar-refractivity contribution in [3.8, 4) is 0 Å². The van der Waals surface area contributed by atoms with Crippen molar-refractivity contribution in [2.24, 2.45) is 0 Å². The zero-order valence-corrected chi connectivity index (χ0v) is 11.9. The molecule has 0 bridgehead atoms. The number of nitrogens with one attached hydrogen (secondary N) is 2. The summed E-state index contributed by atoms with van der Waals surface area (Å²) in [6.07, 6.45) is 0. The molecule has 0 aliphatic rings. The van der Waals surface area contributed by atoms with E-state index in [2.05, 4.69) is 10.6 Å². The van der Waals surface area contributed by atoms with Gasteiger partial charge in [-0.15, -0.1) is 0 Å². The van der Waals surface area contributed by atoms with E-state index in [1.807, 2.05) is 0 Å². The molecule has 2 N–H and O–H groups in total. The molecule has 2 aromatic carbocycles. The number of halogens is 2. The van der Waals surface area contributed by atoms with Gasteiger partial charge in [0.05, 0.1) is 10.7 Å². The molecule has 2 amide bonds. The summed E-state index contributed by atoms with van der Waals surface area (Å²) < 4.78 is 12.9. The van der Waals surface area contributed by atoms with Gasteiger partial charge in [-0.3, -0.25) is 9.59 Å². The molecule has 0 aromatic heterocycles. The molecule has 0 spiro atoms. The minimum Gasteiger partial charge on any atom is -0.326 e. The second-order valence-corrected chi connectivity index (χ2v) is 4.74. The number of benzene rings is 2. The lowest BCUT2D eigenvalue weighted by atomic mass is 10.2. The molecule has 0 aliphatic carbocycles. The Morgan fingerprint density at radius 3 is 2.29 bits per heavy atom. The van der Waals surface area contributed by atoms with Crippen molar-refractivity contribution in [3.05, 3.63) is 58.9 Å². The van der Waals surface area contributed by atoms with Gasteiger partial charge in [0.1, 0.15) is 5.82 Å². The van der Waals surface area contributed by atoms with Crippen LogP contribution in [0.3, 0.4) is 0 Å². The molecule has 4 nitrogen and oxygen atoms in total. The van der Waals surface area contributed by atoms with Crippen LogP contribution in [0.2, 0.25) is 5.02 Å². The third-order valence-corrected chi connectivity index (χ3v) is 2.96. The van der Waals surface area contributed by atoms with E-state index in [0.29, 0.717) is 16.9 Å². The first-order chi connectivity index (χ1) is 9.95. The molecule has 108 valence electrons. The Bertz CT molecular complexity index is 687. The smallest absolute Gasteiger partial charge is 0.255 e. The summed E-state index contributed by atoms with van der Waals surface area (Å²) in [7, 11) is 0. The van der Waals surface area contributed by atoms with Crippen LogP contribution in [0.15, 0.2) is 42.5 Å². The lowest BCUT2D eigenvalue weighted by molar-refractivity contribution is -0.114. The van der Waals surface area contributed by atoms with Crippen LogP contribution in [0.4, 0.5) is 15.8 Å². The van der Waals surface area contributed by atoms with Crippen molar-refractivity contribution < 1.29 is 14.0 Å². The van der Waals surface area contributed by atoms with Gasteiger partial charge in [0.2, 0.25) is 5.91 Å². The fraction of sp³-hybridized carbons (Fsp3) is 0.0667. The monoisotopic (exact) mass is 306 g/mol. The molecule has 21 heavy (non-hydrogen) atoms. The van der Waals surface area contributed by atoms with Gasteiger partial charge in [-0.05, 0) is 42.5 Å². The van der Waals surface area contributed by atoms with Crippen molar-refractivity contribution >= 4 is 34.8 Å². The SMILES string of the molecule is CC(=O)Nc1ccc(C(=O)Nc2ccc(F)cc2Cl)cc1. The van der Waals surface area contributed by atoms with E-state index in [1.165, 1.54) is 19.1 Å². The summed E-state index contributed by atoms with van der Waals surface area (Å²) in [5, 5.41) is 5.31. The Hall–Kier alpha value is -2.40. The van der Waals surface area contributed by atoms with Gasteiger partial charge in [-0.2, -0.15) is 0 Å². The summed E-state index contributed by atoms with van der Waals surface area (Å²) in [6, 6.07) is 10.1. The number of hydrogen-bond acceptors (Lipinski definition) is 2. The third kappa shape index (κ3) is 4.03. The summed E-state index contributed by atoms with van der Waals surface area (Å²) in [5.41, 5.74) is 1.32. The van der Waals surface area contributed by atoms with Crippen molar-refractivity contribution in [1.29, 1.82) is 0 Å². The number of rotatable bonds is 3. The van der Waals surface area contributed by atoms with Crippen molar-refractivity contribution in [2.45, 2.75) is 6.92 Å². The van der Waals surface area contributed by atoms with Gasteiger partial charge in [-0.1, -0.05) is 11.6 Å². The molecule has 0 radical (unpaired) electrons. The van der Waals surface area contributed by atoms with Gasteiger partial charge in [0.15, 0.2) is 0 Å². The van der Waals surface area contributed by atoms with E-state index < -0.39 is 5.82 Å². The van der Waals surface area contributed by atoms with Crippen LogP contribution in [-0.2, 0) is 4.79 Å². The Morgan fingerprint density at radius 2 is 1.71 bits per heavy atom. The van der Waals surface area contributed by atoms with Crippen LogP contribution in [0.1, 0.15) is 17.3 Å². The van der Waals surface area contributed by atoms with Crippen molar-refractivity contribution in [1.82, 2.24) is 0 Å². The molecule has 0 heterocycles. The zero-order chi connectivity index (χ0) is 15.4. The lowest BCUT2D eigenvalue weighted by Gasteiger charge is -2.08. The van der Waals surface area contributed by atoms with Crippen LogP contribution in [0.5, 0.6) is 0 Å². The molecule has 2 rings (SSSR count). The van der Waals surface area contributed by atoms with Gasteiger partial charge < -0.3 is 10.6 Å². The van der Waals surface area contributed by atoms with Gasteiger partial charge >= 0.3 is 0 Å². The Morgan fingerprint density at radius 1 is 1.05 bits per heavy atom. The number of hydrogen-bond donors (Lipinski definition) is 2. The topological polar surface area (TPSA) is 58.2 Å². The first-order valence-corrected chi connectivity index (χ1v) is 6.47. The Balaban J connectivity index is 2.11. The predicted molar refractivity (Wildman–Crippen MR) is 80.1 cm³/mol. The Labute approximate surface area is 125 Å². The highest BCUT2D eigenvalue weighted by molar-refractivity contribution is 6.33. The highest BCUT2D eigenvalue weighted by atomic mass is 35.5. The quantitative estimate of drug-likeness (QED) is 0.908. The number of carbonyl (C=O) groups excluding carboxylic acids is 2. The standard InChI is InChI=1S/C15H12ClFN2O2/c1-9(20)18-12-5-2-10(3-6-12)15(21)19-14-7-4-11(17)8-13(14)16/h2-8H,1H3,(H,18,20)(H,19,21). The molecule has 0 saturated carbocycles. The highest BCUT2D eigenvalue weighted by Crippen LogP contribution is 2.23. The summed E-state index contributed by atoms with van der Waals surface area (Å²) in [4.78, 5) is 22.9. The maximum atomic E-state index is 12.9. The number of anilines is 2. The average Bonchev–Trinajstić information content (AvgIpc) is 2.42. The second kappa shape index (κ2) is 6.37. The average molecular weight is 307 g/mol. The van der Waals surface area contributed by atoms with E-state index in [9.17, 15) is 14.0 Å². The normalized spacial score (nSPS) is 10.0. The van der Waals surface area contributed by atoms with E-state index in [4.69, 9.17) is 11.6 Å². The molecule has 0 aliphatic heterocycles. The first-order valence-electron chi connectivity index (χ1n) is 6.10. The summed E-state index contributed by atoms with van der Waals surface area (Å²) in [5.74, 6) is -1.04. The van der Waals surface area contributed by atoms with E-state index >= 15 is 0 Å². The largest absolute Gasteiger partial charge is 0.326 e. The minimum absolute atomic E-state index is 0.123. The molecule has 6 heteroatoms. The number of amides is 2. The molecule has 0 atom stereocenters. The van der Waals surface area contributed by atoms with Crippen LogP contribution in [0, 0.1) is 5.82 Å².